The first-order chi connectivity index (χ1) is 10.5. The quantitative estimate of drug-likeness (QED) is 0.332. The molecular formula is C13H16N2O6S. The number of rotatable bonds is 8. The maximum Gasteiger partial charge on any atom is 0.323 e. The van der Waals surface area contributed by atoms with Crippen LogP contribution in [0.1, 0.15) is 12.8 Å². The average molecular weight is 328 g/mol. The van der Waals surface area contributed by atoms with Gasteiger partial charge >= 0.3 is 11.9 Å². The highest BCUT2D eigenvalue weighted by Gasteiger charge is 2.22. The van der Waals surface area contributed by atoms with Gasteiger partial charge in [-0.15, -0.1) is 0 Å². The van der Waals surface area contributed by atoms with Gasteiger partial charge in [0.2, 0.25) is 0 Å². The molecule has 0 aliphatic rings. The smallest absolute Gasteiger partial charge is 0.323 e. The molecule has 1 rings (SSSR count). The molecule has 1 aromatic carbocycles. The number of para-hydroxylation sites is 1. The zero-order valence-electron chi connectivity index (χ0n) is 12.1. The summed E-state index contributed by atoms with van der Waals surface area (Å²) in [7, 11) is 2.48. The predicted octanol–water partition coefficient (Wildman–Crippen LogP) is 1.69. The minimum absolute atomic E-state index is 0.0285. The molecule has 1 atom stereocenters. The highest BCUT2D eigenvalue weighted by molar-refractivity contribution is 7.97. The van der Waals surface area contributed by atoms with Gasteiger partial charge in [0.15, 0.2) is 0 Å². The van der Waals surface area contributed by atoms with Gasteiger partial charge in [-0.2, -0.15) is 0 Å². The standard InChI is InChI=1S/C13H16N2O6S/c1-20-12(16)8-7-9(13(17)21-2)14-22-11-6-4-3-5-10(11)15(18)19/h3-6,9,14H,7-8H2,1-2H3/t9-/m0/s1. The number of ether oxygens (including phenoxy) is 2. The summed E-state index contributed by atoms with van der Waals surface area (Å²) in [6.07, 6.45) is 0.188. The van der Waals surface area contributed by atoms with Crippen molar-refractivity contribution in [3.8, 4) is 0 Å². The molecule has 8 nitrogen and oxygen atoms in total. The van der Waals surface area contributed by atoms with E-state index in [-0.39, 0.29) is 18.5 Å². The van der Waals surface area contributed by atoms with Crippen LogP contribution in [0.2, 0.25) is 0 Å². The summed E-state index contributed by atoms with van der Waals surface area (Å²) in [4.78, 5) is 33.6. The Morgan fingerprint density at radius 1 is 1.32 bits per heavy atom. The Morgan fingerprint density at radius 3 is 2.59 bits per heavy atom. The maximum absolute atomic E-state index is 11.7. The first-order valence-corrected chi connectivity index (χ1v) is 7.11. The Morgan fingerprint density at radius 2 is 2.00 bits per heavy atom. The van der Waals surface area contributed by atoms with Gasteiger partial charge < -0.3 is 9.47 Å². The third kappa shape index (κ3) is 5.34. The van der Waals surface area contributed by atoms with E-state index < -0.39 is 22.9 Å². The molecular weight excluding hydrogens is 312 g/mol. The number of hydrogen-bond donors (Lipinski definition) is 1. The second-order valence-corrected chi connectivity index (χ2v) is 5.01. The summed E-state index contributed by atoms with van der Waals surface area (Å²) < 4.78 is 11.9. The Kier molecular flexibility index (Phi) is 7.33. The van der Waals surface area contributed by atoms with Crippen LogP contribution < -0.4 is 4.72 Å². The summed E-state index contributed by atoms with van der Waals surface area (Å²) in [6, 6.07) is 5.35. The summed E-state index contributed by atoms with van der Waals surface area (Å²) in [5.74, 6) is -1.01. The molecule has 0 aliphatic carbocycles. The Labute approximate surface area is 131 Å². The van der Waals surface area contributed by atoms with Gasteiger partial charge in [0.25, 0.3) is 5.69 Å². The van der Waals surface area contributed by atoms with Gasteiger partial charge in [-0.1, -0.05) is 12.1 Å². The van der Waals surface area contributed by atoms with Crippen molar-refractivity contribution in [2.75, 3.05) is 14.2 Å². The van der Waals surface area contributed by atoms with E-state index in [9.17, 15) is 19.7 Å². The van der Waals surface area contributed by atoms with Crippen LogP contribution in [0, 0.1) is 10.1 Å². The summed E-state index contributed by atoms with van der Waals surface area (Å²) in [5, 5.41) is 10.9. The first-order valence-electron chi connectivity index (χ1n) is 6.30. The number of nitro groups is 1. The third-order valence-corrected chi connectivity index (χ3v) is 3.69. The van der Waals surface area contributed by atoms with Crippen LogP contribution in [-0.2, 0) is 19.1 Å². The Bertz CT molecular complexity index is 551. The van der Waals surface area contributed by atoms with Crippen LogP contribution in [0.3, 0.4) is 0 Å². The SMILES string of the molecule is COC(=O)CC[C@H](NSc1ccccc1[N+](=O)[O-])C(=O)OC. The van der Waals surface area contributed by atoms with E-state index in [2.05, 4.69) is 14.2 Å². The molecule has 0 spiro atoms. The lowest BCUT2D eigenvalue weighted by atomic mass is 10.2. The fraction of sp³-hybridized carbons (Fsp3) is 0.385. The van der Waals surface area contributed by atoms with Crippen molar-refractivity contribution < 1.29 is 24.0 Å². The van der Waals surface area contributed by atoms with E-state index in [0.717, 1.165) is 11.9 Å². The second-order valence-electron chi connectivity index (χ2n) is 4.14. The molecule has 0 saturated heterocycles. The molecule has 0 aromatic heterocycles. The van der Waals surface area contributed by atoms with Crippen molar-refractivity contribution in [2.24, 2.45) is 0 Å². The predicted molar refractivity (Wildman–Crippen MR) is 79.1 cm³/mol. The number of carbonyl (C=O) groups is 2. The topological polar surface area (TPSA) is 108 Å². The summed E-state index contributed by atoms with van der Waals surface area (Å²) in [6.45, 7) is 0. The third-order valence-electron chi connectivity index (χ3n) is 2.72. The number of nitrogens with one attached hydrogen (secondary N) is 1. The molecule has 0 fully saturated rings. The summed E-state index contributed by atoms with van der Waals surface area (Å²) in [5.41, 5.74) is -0.0726. The lowest BCUT2D eigenvalue weighted by Gasteiger charge is -2.15. The molecule has 1 aromatic rings. The molecule has 1 N–H and O–H groups in total. The van der Waals surface area contributed by atoms with Crippen molar-refractivity contribution in [3.05, 3.63) is 34.4 Å². The van der Waals surface area contributed by atoms with Crippen LogP contribution in [0.15, 0.2) is 29.2 Å². The zero-order chi connectivity index (χ0) is 16.5. The number of esters is 2. The number of nitrogens with zero attached hydrogens (tertiary/aromatic N) is 1. The van der Waals surface area contributed by atoms with Crippen molar-refractivity contribution in [1.82, 2.24) is 4.72 Å². The van der Waals surface area contributed by atoms with Crippen LogP contribution >= 0.6 is 11.9 Å². The van der Waals surface area contributed by atoms with Gasteiger partial charge in [-0.25, -0.2) is 4.72 Å². The van der Waals surface area contributed by atoms with Crippen molar-refractivity contribution in [3.63, 3.8) is 0 Å². The minimum atomic E-state index is -0.783. The summed E-state index contributed by atoms with van der Waals surface area (Å²) >= 11 is 0.942. The minimum Gasteiger partial charge on any atom is -0.469 e. The monoisotopic (exact) mass is 328 g/mol. The highest BCUT2D eigenvalue weighted by atomic mass is 32.2. The van der Waals surface area contributed by atoms with E-state index >= 15 is 0 Å². The van der Waals surface area contributed by atoms with E-state index in [0.29, 0.717) is 4.90 Å². The fourth-order valence-corrected chi connectivity index (χ4v) is 2.44. The highest BCUT2D eigenvalue weighted by Crippen LogP contribution is 2.27. The van der Waals surface area contributed by atoms with Crippen molar-refractivity contribution in [1.29, 1.82) is 0 Å². The van der Waals surface area contributed by atoms with Crippen LogP contribution in [0.5, 0.6) is 0 Å². The largest absolute Gasteiger partial charge is 0.469 e. The fourth-order valence-electron chi connectivity index (χ4n) is 1.56. The molecule has 0 bridgehead atoms. The molecule has 0 heterocycles. The van der Waals surface area contributed by atoms with Crippen LogP contribution in [0.4, 0.5) is 5.69 Å². The molecule has 120 valence electrons. The molecule has 0 amide bonds. The van der Waals surface area contributed by atoms with E-state index in [1.54, 1.807) is 18.2 Å². The lowest BCUT2D eigenvalue weighted by molar-refractivity contribution is -0.387. The van der Waals surface area contributed by atoms with Crippen LogP contribution in [0.25, 0.3) is 0 Å². The van der Waals surface area contributed by atoms with E-state index in [1.807, 2.05) is 0 Å². The normalized spacial score (nSPS) is 11.5. The number of benzene rings is 1. The maximum atomic E-state index is 11.7. The Hall–Kier alpha value is -2.13. The zero-order valence-corrected chi connectivity index (χ0v) is 12.9. The molecule has 0 unspecified atom stereocenters. The van der Waals surface area contributed by atoms with Gasteiger partial charge in [0, 0.05) is 12.5 Å². The number of carbonyl (C=O) groups excluding carboxylic acids is 2. The molecule has 0 saturated carbocycles. The molecule has 9 heteroatoms. The average Bonchev–Trinajstić information content (AvgIpc) is 2.54. The molecule has 22 heavy (non-hydrogen) atoms. The second kappa shape index (κ2) is 9.00. The molecule has 0 aliphatic heterocycles. The Balaban J connectivity index is 2.73. The van der Waals surface area contributed by atoms with Gasteiger partial charge in [-0.05, 0) is 24.4 Å². The van der Waals surface area contributed by atoms with Gasteiger partial charge in [0.05, 0.1) is 19.1 Å². The van der Waals surface area contributed by atoms with Gasteiger partial charge in [0.1, 0.15) is 10.9 Å². The van der Waals surface area contributed by atoms with Gasteiger partial charge in [-0.3, -0.25) is 19.7 Å². The van der Waals surface area contributed by atoms with Crippen molar-refractivity contribution in [2.45, 2.75) is 23.8 Å². The van der Waals surface area contributed by atoms with E-state index in [4.69, 9.17) is 0 Å². The van der Waals surface area contributed by atoms with Crippen LogP contribution in [-0.4, -0.2) is 37.1 Å². The number of nitro benzene ring substituents is 1. The van der Waals surface area contributed by atoms with E-state index in [1.165, 1.54) is 20.3 Å². The lowest BCUT2D eigenvalue weighted by Crippen LogP contribution is -2.34. The number of hydrogen-bond acceptors (Lipinski definition) is 8. The molecule has 0 radical (unpaired) electrons. The number of methoxy groups -OCH3 is 2. The first kappa shape index (κ1) is 17.9. The van der Waals surface area contributed by atoms with Crippen molar-refractivity contribution >= 4 is 29.6 Å².